The van der Waals surface area contributed by atoms with Gasteiger partial charge in [0.05, 0.1) is 0 Å². The van der Waals surface area contributed by atoms with Crippen molar-refractivity contribution in [2.24, 2.45) is 0 Å². The van der Waals surface area contributed by atoms with Gasteiger partial charge in [0.2, 0.25) is 0 Å². The molecule has 1 saturated carbocycles. The molecule has 1 aliphatic rings. The van der Waals surface area contributed by atoms with Crippen LogP contribution in [-0.4, -0.2) is 23.1 Å². The zero-order chi connectivity index (χ0) is 6.24. The Morgan fingerprint density at radius 3 is 1.56 bits per heavy atom. The van der Waals surface area contributed by atoms with E-state index >= 15 is 0 Å². The summed E-state index contributed by atoms with van der Waals surface area (Å²) in [6.07, 6.45) is 9.50. The number of hydrogen-bond acceptors (Lipinski definition) is 0. The fraction of sp³-hybridized carbons (Fsp3) is 0.750. The van der Waals surface area contributed by atoms with Crippen molar-refractivity contribution in [1.29, 1.82) is 0 Å². The van der Waals surface area contributed by atoms with E-state index in [2.05, 4.69) is 13.3 Å². The molecule has 0 amide bonds. The van der Waals surface area contributed by atoms with Gasteiger partial charge < -0.3 is 13.3 Å². The summed E-state index contributed by atoms with van der Waals surface area (Å²) in [5.74, 6) is 0. The molecule has 0 aromatic heterocycles. The summed E-state index contributed by atoms with van der Waals surface area (Å²) >= 11 is 0. The van der Waals surface area contributed by atoms with Crippen molar-refractivity contribution in [3.05, 3.63) is 13.3 Å². The SMILES string of the molecule is [CH-]1CCCCC1.[CH2-]C.[Mg+2]. The largest absolute Gasteiger partial charge is 2.00 e. The minimum Gasteiger partial charge on any atom is -0.346 e. The standard InChI is InChI=1S/C6H11.C2H5.Mg/c1-2-4-6-5-3-1;1-2;/h1H,2-6H2;1H2,2H3;/q2*-1;+2. The van der Waals surface area contributed by atoms with Crippen molar-refractivity contribution < 1.29 is 0 Å². The minimum atomic E-state index is 0. The van der Waals surface area contributed by atoms with Gasteiger partial charge in [0.15, 0.2) is 0 Å². The van der Waals surface area contributed by atoms with Crippen LogP contribution in [0.15, 0.2) is 0 Å². The van der Waals surface area contributed by atoms with Crippen molar-refractivity contribution in [2.75, 3.05) is 0 Å². The summed E-state index contributed by atoms with van der Waals surface area (Å²) in [6, 6.07) is 0. The van der Waals surface area contributed by atoms with Crippen molar-refractivity contribution in [3.63, 3.8) is 0 Å². The maximum absolute atomic E-state index is 3.25. The van der Waals surface area contributed by atoms with Crippen LogP contribution in [0.2, 0.25) is 0 Å². The summed E-state index contributed by atoms with van der Waals surface area (Å²) in [5, 5.41) is 0. The van der Waals surface area contributed by atoms with Gasteiger partial charge in [-0.1, -0.05) is 19.3 Å². The summed E-state index contributed by atoms with van der Waals surface area (Å²) < 4.78 is 0. The number of rotatable bonds is 0. The van der Waals surface area contributed by atoms with Crippen molar-refractivity contribution in [2.45, 2.75) is 39.0 Å². The number of hydrogen-bond donors (Lipinski definition) is 0. The molecule has 0 unspecified atom stereocenters. The molecule has 0 aromatic rings. The third-order valence-electron chi connectivity index (χ3n) is 1.32. The second-order valence-corrected chi connectivity index (χ2v) is 1.93. The van der Waals surface area contributed by atoms with Gasteiger partial charge in [-0.3, -0.25) is 0 Å². The van der Waals surface area contributed by atoms with Gasteiger partial charge in [-0.2, -0.15) is 19.8 Å². The summed E-state index contributed by atoms with van der Waals surface area (Å²) in [6.45, 7) is 5.00. The molecular weight excluding hydrogens is 120 g/mol. The first kappa shape index (κ1) is 12.4. The maximum Gasteiger partial charge on any atom is 2.00 e. The Balaban J connectivity index is 0. The molecule has 0 saturated heterocycles. The molecule has 0 aromatic carbocycles. The van der Waals surface area contributed by atoms with E-state index in [0.717, 1.165) is 0 Å². The molecule has 1 fully saturated rings. The van der Waals surface area contributed by atoms with E-state index < -0.39 is 0 Å². The van der Waals surface area contributed by atoms with E-state index in [-0.39, 0.29) is 23.1 Å². The van der Waals surface area contributed by atoms with Crippen LogP contribution in [0.3, 0.4) is 0 Å². The molecule has 0 atom stereocenters. The Labute approximate surface area is 75.6 Å². The summed E-state index contributed by atoms with van der Waals surface area (Å²) in [4.78, 5) is 0. The van der Waals surface area contributed by atoms with E-state index in [4.69, 9.17) is 0 Å². The van der Waals surface area contributed by atoms with Crippen molar-refractivity contribution >= 4 is 23.1 Å². The first-order valence-corrected chi connectivity index (χ1v) is 3.52. The molecule has 0 aliphatic heterocycles. The Bertz CT molecular complexity index is 20.0. The van der Waals surface area contributed by atoms with Crippen LogP contribution in [-0.2, 0) is 0 Å². The second-order valence-electron chi connectivity index (χ2n) is 1.93. The Kier molecular flexibility index (Phi) is 16.0. The Morgan fingerprint density at radius 1 is 1.00 bits per heavy atom. The van der Waals surface area contributed by atoms with Gasteiger partial charge in [0.1, 0.15) is 0 Å². The summed E-state index contributed by atoms with van der Waals surface area (Å²) in [7, 11) is 0. The molecular formula is C8H16Mg. The van der Waals surface area contributed by atoms with Crippen LogP contribution < -0.4 is 0 Å². The van der Waals surface area contributed by atoms with Crippen LogP contribution in [0.5, 0.6) is 0 Å². The van der Waals surface area contributed by atoms with Crippen molar-refractivity contribution in [1.82, 2.24) is 0 Å². The molecule has 0 bridgehead atoms. The topological polar surface area (TPSA) is 0 Å². The van der Waals surface area contributed by atoms with Crippen LogP contribution in [0.25, 0.3) is 0 Å². The average Bonchev–Trinajstić information content (AvgIpc) is 1.96. The Hall–Kier alpha value is 0.766. The normalized spacial score (nSPS) is 16.7. The maximum atomic E-state index is 3.25. The predicted octanol–water partition coefficient (Wildman–Crippen LogP) is 2.61. The van der Waals surface area contributed by atoms with E-state index in [9.17, 15) is 0 Å². The minimum absolute atomic E-state index is 0. The van der Waals surface area contributed by atoms with Gasteiger partial charge in [-0.05, 0) is 0 Å². The monoisotopic (exact) mass is 136 g/mol. The van der Waals surface area contributed by atoms with Gasteiger partial charge in [-0.15, -0.1) is 0 Å². The zero-order valence-electron chi connectivity index (χ0n) is 6.53. The van der Waals surface area contributed by atoms with Gasteiger partial charge in [0.25, 0.3) is 0 Å². The quantitative estimate of drug-likeness (QED) is 0.355. The molecule has 9 heavy (non-hydrogen) atoms. The predicted molar refractivity (Wildman–Crippen MR) is 44.2 cm³/mol. The average molecular weight is 137 g/mol. The molecule has 0 radical (unpaired) electrons. The molecule has 0 heterocycles. The van der Waals surface area contributed by atoms with E-state index in [0.29, 0.717) is 0 Å². The van der Waals surface area contributed by atoms with E-state index in [1.54, 1.807) is 6.92 Å². The second kappa shape index (κ2) is 11.5. The molecule has 0 spiro atoms. The van der Waals surface area contributed by atoms with Crippen LogP contribution in [0, 0.1) is 13.3 Å². The van der Waals surface area contributed by atoms with Crippen molar-refractivity contribution in [3.8, 4) is 0 Å². The fourth-order valence-electron chi connectivity index (χ4n) is 0.898. The van der Waals surface area contributed by atoms with E-state index in [1.807, 2.05) is 0 Å². The smallest absolute Gasteiger partial charge is 0.346 e. The first-order chi connectivity index (χ1) is 4.00. The molecule has 1 aliphatic carbocycles. The van der Waals surface area contributed by atoms with Crippen LogP contribution >= 0.6 is 0 Å². The molecule has 1 heteroatoms. The Morgan fingerprint density at radius 2 is 1.44 bits per heavy atom. The molecule has 0 nitrogen and oxygen atoms in total. The fourth-order valence-corrected chi connectivity index (χ4v) is 0.898. The molecule has 50 valence electrons. The van der Waals surface area contributed by atoms with E-state index in [1.165, 1.54) is 32.1 Å². The van der Waals surface area contributed by atoms with Crippen LogP contribution in [0.4, 0.5) is 0 Å². The van der Waals surface area contributed by atoms with Gasteiger partial charge in [-0.25, -0.2) is 0 Å². The third kappa shape index (κ3) is 8.77. The van der Waals surface area contributed by atoms with Crippen LogP contribution in [0.1, 0.15) is 39.0 Å². The molecule has 1 rings (SSSR count). The molecule has 0 N–H and O–H groups in total. The summed E-state index contributed by atoms with van der Waals surface area (Å²) in [5.41, 5.74) is 0. The third-order valence-corrected chi connectivity index (χ3v) is 1.32. The first-order valence-electron chi connectivity index (χ1n) is 3.52. The van der Waals surface area contributed by atoms with Gasteiger partial charge >= 0.3 is 23.1 Å². The van der Waals surface area contributed by atoms with Gasteiger partial charge in [0, 0.05) is 0 Å². The zero-order valence-corrected chi connectivity index (χ0v) is 7.94.